The van der Waals surface area contributed by atoms with Gasteiger partial charge in [-0.2, -0.15) is 4.98 Å². The first-order chi connectivity index (χ1) is 13.6. The molecule has 28 heavy (non-hydrogen) atoms. The molecule has 1 aliphatic carbocycles. The van der Waals surface area contributed by atoms with E-state index < -0.39 is 0 Å². The van der Waals surface area contributed by atoms with Crippen LogP contribution in [-0.2, 0) is 11.3 Å². The molecule has 148 valence electrons. The first kappa shape index (κ1) is 17.6. The Morgan fingerprint density at radius 3 is 2.93 bits per heavy atom. The summed E-state index contributed by atoms with van der Waals surface area (Å²) in [5, 5.41) is 7.04. The van der Waals surface area contributed by atoms with Gasteiger partial charge < -0.3 is 14.4 Å². The van der Waals surface area contributed by atoms with Gasteiger partial charge in [-0.05, 0) is 31.2 Å². The predicted molar refractivity (Wildman–Crippen MR) is 101 cm³/mol. The Balaban J connectivity index is 1.39. The van der Waals surface area contributed by atoms with E-state index in [1.165, 1.54) is 6.92 Å². The molecule has 0 unspecified atom stereocenters. The van der Waals surface area contributed by atoms with Gasteiger partial charge in [0, 0.05) is 50.2 Å². The van der Waals surface area contributed by atoms with E-state index in [1.54, 1.807) is 6.07 Å². The Morgan fingerprint density at radius 1 is 1.29 bits per heavy atom. The van der Waals surface area contributed by atoms with Gasteiger partial charge in [0.15, 0.2) is 5.82 Å². The van der Waals surface area contributed by atoms with Crippen molar-refractivity contribution >= 4 is 5.91 Å². The molecule has 2 bridgehead atoms. The van der Waals surface area contributed by atoms with Crippen LogP contribution in [-0.4, -0.2) is 45.1 Å². The topological polar surface area (TPSA) is 93.3 Å². The first-order valence-corrected chi connectivity index (χ1v) is 10.1. The van der Waals surface area contributed by atoms with Gasteiger partial charge >= 0.3 is 0 Å². The molecular weight excluding hydrogens is 358 g/mol. The van der Waals surface area contributed by atoms with Crippen LogP contribution in [0.3, 0.4) is 0 Å². The summed E-state index contributed by atoms with van der Waals surface area (Å²) in [5.74, 6) is 2.52. The van der Waals surface area contributed by atoms with Crippen LogP contribution in [0.1, 0.15) is 61.5 Å². The summed E-state index contributed by atoms with van der Waals surface area (Å²) in [4.78, 5) is 31.0. The van der Waals surface area contributed by atoms with Crippen LogP contribution < -0.4 is 10.9 Å². The standard InChI is InChI=1S/C20H25N5O3/c1-12(26)21-8-17-15-7-14(16-3-2-4-19(27)25(16)17)9-24(10-15)11-18-22-20(23-28-18)13-5-6-13/h2-4,13-15,17H,5-11H2,1H3,(H,21,26)/t14-,15+,17+/m1/s1. The van der Waals surface area contributed by atoms with Crippen molar-refractivity contribution in [3.8, 4) is 0 Å². The van der Waals surface area contributed by atoms with E-state index in [0.717, 1.165) is 43.9 Å². The van der Waals surface area contributed by atoms with Crippen molar-refractivity contribution in [1.29, 1.82) is 0 Å². The van der Waals surface area contributed by atoms with Gasteiger partial charge in [0.1, 0.15) is 0 Å². The molecule has 0 radical (unpaired) electrons. The van der Waals surface area contributed by atoms with Gasteiger partial charge in [-0.15, -0.1) is 0 Å². The van der Waals surface area contributed by atoms with Crippen LogP contribution in [0.15, 0.2) is 27.5 Å². The van der Waals surface area contributed by atoms with E-state index in [2.05, 4.69) is 20.4 Å². The number of pyridine rings is 1. The minimum absolute atomic E-state index is 0.0157. The van der Waals surface area contributed by atoms with Crippen LogP contribution in [0, 0.1) is 5.92 Å². The number of carbonyl (C=O) groups excluding carboxylic acids is 1. The fourth-order valence-electron chi connectivity index (χ4n) is 4.81. The Morgan fingerprint density at radius 2 is 2.14 bits per heavy atom. The number of piperidine rings is 1. The van der Waals surface area contributed by atoms with E-state index >= 15 is 0 Å². The fourth-order valence-corrected chi connectivity index (χ4v) is 4.81. The highest BCUT2D eigenvalue weighted by Gasteiger charge is 2.41. The third kappa shape index (κ3) is 3.26. The van der Waals surface area contributed by atoms with Crippen LogP contribution in [0.2, 0.25) is 0 Å². The van der Waals surface area contributed by atoms with Crippen molar-refractivity contribution in [2.75, 3.05) is 19.6 Å². The lowest BCUT2D eigenvalue weighted by Crippen LogP contribution is -2.51. The number of aromatic nitrogens is 3. The molecule has 0 spiro atoms. The summed E-state index contributed by atoms with van der Waals surface area (Å²) in [6, 6.07) is 5.46. The average Bonchev–Trinajstić information content (AvgIpc) is 3.41. The van der Waals surface area contributed by atoms with E-state index in [4.69, 9.17) is 4.52 Å². The number of carbonyl (C=O) groups is 1. The quantitative estimate of drug-likeness (QED) is 0.839. The van der Waals surface area contributed by atoms with E-state index in [0.29, 0.717) is 36.7 Å². The number of hydrogen-bond acceptors (Lipinski definition) is 6. The molecule has 8 heteroatoms. The van der Waals surface area contributed by atoms with Gasteiger partial charge in [0.25, 0.3) is 5.56 Å². The lowest BCUT2D eigenvalue weighted by Gasteiger charge is -2.46. The third-order valence-corrected chi connectivity index (χ3v) is 6.22. The van der Waals surface area contributed by atoms with Crippen molar-refractivity contribution in [2.24, 2.45) is 5.92 Å². The molecule has 3 atom stereocenters. The van der Waals surface area contributed by atoms with Gasteiger partial charge in [-0.25, -0.2) is 0 Å². The molecule has 2 aliphatic heterocycles. The second kappa shape index (κ2) is 6.84. The fraction of sp³-hybridized carbons (Fsp3) is 0.600. The number of likely N-dealkylation sites (tertiary alicyclic amines) is 1. The Kier molecular flexibility index (Phi) is 4.30. The third-order valence-electron chi connectivity index (χ3n) is 6.22. The number of nitrogens with zero attached hydrogens (tertiary/aromatic N) is 4. The minimum atomic E-state index is -0.0706. The summed E-state index contributed by atoms with van der Waals surface area (Å²) in [7, 11) is 0. The second-order valence-electron chi connectivity index (χ2n) is 8.37. The molecule has 1 saturated heterocycles. The number of hydrogen-bond donors (Lipinski definition) is 1. The average molecular weight is 383 g/mol. The molecule has 2 aromatic rings. The maximum Gasteiger partial charge on any atom is 0.251 e. The summed E-state index contributed by atoms with van der Waals surface area (Å²) in [6.45, 7) is 4.34. The first-order valence-electron chi connectivity index (χ1n) is 10.1. The molecule has 8 nitrogen and oxygen atoms in total. The lowest BCUT2D eigenvalue weighted by molar-refractivity contribution is -0.119. The number of amides is 1. The zero-order valence-corrected chi connectivity index (χ0v) is 16.0. The van der Waals surface area contributed by atoms with E-state index in [1.807, 2.05) is 16.7 Å². The highest BCUT2D eigenvalue weighted by molar-refractivity contribution is 5.72. The van der Waals surface area contributed by atoms with E-state index in [9.17, 15) is 9.59 Å². The number of nitrogens with one attached hydrogen (secondary N) is 1. The summed E-state index contributed by atoms with van der Waals surface area (Å²) < 4.78 is 7.38. The summed E-state index contributed by atoms with van der Waals surface area (Å²) >= 11 is 0. The normalized spacial score (nSPS) is 26.7. The van der Waals surface area contributed by atoms with Crippen molar-refractivity contribution in [2.45, 2.75) is 50.6 Å². The highest BCUT2D eigenvalue weighted by Crippen LogP contribution is 2.41. The Hall–Kier alpha value is -2.48. The number of rotatable bonds is 5. The molecule has 5 rings (SSSR count). The smallest absolute Gasteiger partial charge is 0.251 e. The van der Waals surface area contributed by atoms with Crippen molar-refractivity contribution in [3.05, 3.63) is 46.0 Å². The second-order valence-corrected chi connectivity index (χ2v) is 8.37. The molecular formula is C20H25N5O3. The molecule has 2 aromatic heterocycles. The van der Waals surface area contributed by atoms with Gasteiger partial charge in [-0.3, -0.25) is 14.5 Å². The van der Waals surface area contributed by atoms with Gasteiger partial charge in [0.05, 0.1) is 12.6 Å². The van der Waals surface area contributed by atoms with Crippen molar-refractivity contribution in [1.82, 2.24) is 24.9 Å². The highest BCUT2D eigenvalue weighted by atomic mass is 16.5. The maximum atomic E-state index is 12.6. The van der Waals surface area contributed by atoms with Crippen LogP contribution >= 0.6 is 0 Å². The van der Waals surface area contributed by atoms with Crippen LogP contribution in [0.4, 0.5) is 0 Å². The molecule has 1 N–H and O–H groups in total. The van der Waals surface area contributed by atoms with E-state index in [-0.39, 0.29) is 17.5 Å². The lowest BCUT2D eigenvalue weighted by atomic mass is 9.78. The molecule has 4 heterocycles. The Labute approximate surface area is 162 Å². The Bertz CT molecular complexity index is 947. The van der Waals surface area contributed by atoms with Crippen LogP contribution in [0.5, 0.6) is 0 Å². The molecule has 2 fully saturated rings. The van der Waals surface area contributed by atoms with Crippen molar-refractivity contribution < 1.29 is 9.32 Å². The minimum Gasteiger partial charge on any atom is -0.354 e. The monoisotopic (exact) mass is 383 g/mol. The maximum absolute atomic E-state index is 12.6. The zero-order chi connectivity index (χ0) is 19.3. The molecule has 1 saturated carbocycles. The van der Waals surface area contributed by atoms with Crippen molar-refractivity contribution in [3.63, 3.8) is 0 Å². The van der Waals surface area contributed by atoms with Crippen LogP contribution in [0.25, 0.3) is 0 Å². The zero-order valence-electron chi connectivity index (χ0n) is 16.0. The number of fused-ring (bicyclic) bond motifs is 4. The largest absolute Gasteiger partial charge is 0.354 e. The van der Waals surface area contributed by atoms with Gasteiger partial charge in [0.2, 0.25) is 11.8 Å². The summed E-state index contributed by atoms with van der Waals surface area (Å²) in [5.41, 5.74) is 1.08. The molecule has 3 aliphatic rings. The molecule has 1 amide bonds. The summed E-state index contributed by atoms with van der Waals surface area (Å²) in [6.07, 6.45) is 3.34. The SMILES string of the molecule is CC(=O)NC[C@H]1[C@H]2C[C@H](CN(Cc3nc(C4CC4)no3)C2)c2cccc(=O)n21. The predicted octanol–water partition coefficient (Wildman–Crippen LogP) is 1.41. The van der Waals surface area contributed by atoms with Gasteiger partial charge in [-0.1, -0.05) is 11.2 Å². The molecule has 0 aromatic carbocycles.